The highest BCUT2D eigenvalue weighted by Crippen LogP contribution is 2.18. The molecule has 81 heavy (non-hydrogen) atoms. The molecular formula is C75H134O6. The van der Waals surface area contributed by atoms with Crippen molar-refractivity contribution in [1.82, 2.24) is 0 Å². The summed E-state index contributed by atoms with van der Waals surface area (Å²) in [6.45, 7) is 6.50. The third-order valence-electron chi connectivity index (χ3n) is 15.7. The van der Waals surface area contributed by atoms with Gasteiger partial charge in [0.2, 0.25) is 0 Å². The molecule has 0 saturated heterocycles. The summed E-state index contributed by atoms with van der Waals surface area (Å²) >= 11 is 0. The molecule has 0 fully saturated rings. The number of hydrogen-bond donors (Lipinski definition) is 0. The van der Waals surface area contributed by atoms with Crippen molar-refractivity contribution in [2.75, 3.05) is 13.2 Å². The van der Waals surface area contributed by atoms with Gasteiger partial charge in [-0.1, -0.05) is 351 Å². The fourth-order valence-corrected chi connectivity index (χ4v) is 10.5. The molecule has 0 aromatic heterocycles. The summed E-state index contributed by atoms with van der Waals surface area (Å²) in [5.41, 5.74) is 0. The van der Waals surface area contributed by atoms with E-state index in [1.54, 1.807) is 0 Å². The van der Waals surface area contributed by atoms with Crippen LogP contribution in [0.15, 0.2) is 72.9 Å². The van der Waals surface area contributed by atoms with Crippen LogP contribution in [0.2, 0.25) is 0 Å². The number of unbranched alkanes of at least 4 members (excludes halogenated alkanes) is 42. The molecule has 0 aliphatic rings. The first kappa shape index (κ1) is 77.9. The average molecular weight is 1130 g/mol. The number of carbonyl (C=O) groups is 3. The molecule has 0 aromatic carbocycles. The third kappa shape index (κ3) is 67.5. The standard InChI is InChI=1S/C75H134O6/c1-4-7-10-13-15-17-19-21-23-25-27-29-31-33-35-36-37-38-40-41-43-45-47-49-51-53-55-57-59-62-65-68-74(77)80-71-72(70-79-73(76)67-64-61-12-9-6-3)81-75(78)69-66-63-60-58-56-54-52-50-48-46-44-42-39-34-32-30-28-26-24-22-20-18-16-14-11-8-5-2/h7,10,15,17,21,23,27,29,33,35,37-38,72H,4-6,8-9,11-14,16,18-20,22,24-26,28,30-32,34,36,39-71H2,1-3H3/b10-7-,17-15-,23-21-,29-27-,35-33-,38-37-. The third-order valence-corrected chi connectivity index (χ3v) is 15.7. The highest BCUT2D eigenvalue weighted by atomic mass is 16.6. The van der Waals surface area contributed by atoms with Gasteiger partial charge >= 0.3 is 17.9 Å². The minimum atomic E-state index is -0.771. The van der Waals surface area contributed by atoms with E-state index >= 15 is 0 Å². The fourth-order valence-electron chi connectivity index (χ4n) is 10.5. The van der Waals surface area contributed by atoms with Gasteiger partial charge in [-0.2, -0.15) is 0 Å². The number of rotatable bonds is 65. The second kappa shape index (κ2) is 69.3. The Morgan fingerprint density at radius 1 is 0.259 bits per heavy atom. The molecule has 1 unspecified atom stereocenters. The number of allylic oxidation sites excluding steroid dienone is 12. The Balaban J connectivity index is 3.96. The maximum Gasteiger partial charge on any atom is 0.306 e. The minimum absolute atomic E-state index is 0.0720. The van der Waals surface area contributed by atoms with Gasteiger partial charge in [-0.3, -0.25) is 14.4 Å². The van der Waals surface area contributed by atoms with Crippen LogP contribution in [0.4, 0.5) is 0 Å². The van der Waals surface area contributed by atoms with Gasteiger partial charge in [-0.25, -0.2) is 0 Å². The molecule has 0 heterocycles. The second-order valence-corrected chi connectivity index (χ2v) is 23.8. The molecule has 0 amide bonds. The molecule has 0 bridgehead atoms. The zero-order chi connectivity index (χ0) is 58.5. The van der Waals surface area contributed by atoms with E-state index in [0.717, 1.165) is 103 Å². The van der Waals surface area contributed by atoms with Gasteiger partial charge in [-0.15, -0.1) is 0 Å². The molecule has 0 spiro atoms. The van der Waals surface area contributed by atoms with Crippen LogP contribution in [-0.2, 0) is 28.6 Å². The van der Waals surface area contributed by atoms with Crippen LogP contribution in [0.5, 0.6) is 0 Å². The summed E-state index contributed by atoms with van der Waals surface area (Å²) < 4.78 is 16.8. The molecule has 0 aliphatic heterocycles. The number of esters is 3. The largest absolute Gasteiger partial charge is 0.462 e. The first-order valence-corrected chi connectivity index (χ1v) is 35.4. The summed E-state index contributed by atoms with van der Waals surface area (Å²) in [4.78, 5) is 38.0. The van der Waals surface area contributed by atoms with E-state index in [1.165, 1.54) is 225 Å². The van der Waals surface area contributed by atoms with Gasteiger partial charge in [0.05, 0.1) is 0 Å². The van der Waals surface area contributed by atoms with E-state index in [9.17, 15) is 14.4 Å². The van der Waals surface area contributed by atoms with Crippen molar-refractivity contribution in [3.05, 3.63) is 72.9 Å². The van der Waals surface area contributed by atoms with Crippen molar-refractivity contribution < 1.29 is 28.6 Å². The molecule has 0 aliphatic carbocycles. The quantitative estimate of drug-likeness (QED) is 0.0261. The van der Waals surface area contributed by atoms with Gasteiger partial charge in [-0.05, 0) is 70.6 Å². The molecular weight excluding hydrogens is 997 g/mol. The van der Waals surface area contributed by atoms with Crippen LogP contribution >= 0.6 is 0 Å². The summed E-state index contributed by atoms with van der Waals surface area (Å²) in [6, 6.07) is 0. The van der Waals surface area contributed by atoms with Crippen LogP contribution < -0.4 is 0 Å². The Morgan fingerprint density at radius 3 is 0.753 bits per heavy atom. The zero-order valence-corrected chi connectivity index (χ0v) is 54.1. The van der Waals surface area contributed by atoms with E-state index in [-0.39, 0.29) is 31.1 Å². The summed E-state index contributed by atoms with van der Waals surface area (Å²) in [5.74, 6) is -0.868. The second-order valence-electron chi connectivity index (χ2n) is 23.8. The van der Waals surface area contributed by atoms with E-state index in [1.807, 2.05) is 0 Å². The normalized spacial score (nSPS) is 12.5. The molecule has 470 valence electrons. The molecule has 0 saturated carbocycles. The highest BCUT2D eigenvalue weighted by molar-refractivity contribution is 5.71. The SMILES string of the molecule is CC/C=C\C/C=C\C/C=C\C/C=C\C/C=C\C/C=C\CCCCCCCCCCCCCCC(=O)OCC(COC(=O)CCCCCCC)OC(=O)CCCCCCCCCCCCCCCCCCCCCCCCCCCCC. The summed E-state index contributed by atoms with van der Waals surface area (Å²) in [6.07, 6.45) is 91.4. The Labute approximate surface area is 503 Å². The van der Waals surface area contributed by atoms with E-state index in [0.29, 0.717) is 19.3 Å². The van der Waals surface area contributed by atoms with Gasteiger partial charge in [0.1, 0.15) is 13.2 Å². The van der Waals surface area contributed by atoms with E-state index in [2.05, 4.69) is 93.7 Å². The molecule has 0 rings (SSSR count). The monoisotopic (exact) mass is 1130 g/mol. The summed E-state index contributed by atoms with van der Waals surface area (Å²) in [5, 5.41) is 0. The van der Waals surface area contributed by atoms with Gasteiger partial charge in [0.15, 0.2) is 6.10 Å². The lowest BCUT2D eigenvalue weighted by atomic mass is 10.0. The predicted molar refractivity (Wildman–Crippen MR) is 353 cm³/mol. The van der Waals surface area contributed by atoms with Crippen molar-refractivity contribution >= 4 is 17.9 Å². The van der Waals surface area contributed by atoms with Crippen molar-refractivity contribution in [2.24, 2.45) is 0 Å². The van der Waals surface area contributed by atoms with Crippen LogP contribution in [0.3, 0.4) is 0 Å². The minimum Gasteiger partial charge on any atom is -0.462 e. The van der Waals surface area contributed by atoms with E-state index < -0.39 is 6.10 Å². The van der Waals surface area contributed by atoms with Crippen LogP contribution in [0.1, 0.15) is 367 Å². The molecule has 6 heteroatoms. The lowest BCUT2D eigenvalue weighted by Gasteiger charge is -2.18. The number of ether oxygens (including phenoxy) is 3. The predicted octanol–water partition coefficient (Wildman–Crippen LogP) is 24.4. The lowest BCUT2D eigenvalue weighted by molar-refractivity contribution is -0.167. The van der Waals surface area contributed by atoms with Crippen molar-refractivity contribution in [3.63, 3.8) is 0 Å². The molecule has 0 radical (unpaired) electrons. The summed E-state index contributed by atoms with van der Waals surface area (Å²) in [7, 11) is 0. The fraction of sp³-hybridized carbons (Fsp3) is 0.800. The molecule has 0 N–H and O–H groups in total. The maximum atomic E-state index is 12.9. The molecule has 1 atom stereocenters. The van der Waals surface area contributed by atoms with Crippen molar-refractivity contribution in [1.29, 1.82) is 0 Å². The van der Waals surface area contributed by atoms with Gasteiger partial charge in [0.25, 0.3) is 0 Å². The lowest BCUT2D eigenvalue weighted by Crippen LogP contribution is -2.30. The maximum absolute atomic E-state index is 12.9. The molecule has 6 nitrogen and oxygen atoms in total. The average Bonchev–Trinajstić information content (AvgIpc) is 3.47. The number of hydrogen-bond acceptors (Lipinski definition) is 6. The number of carbonyl (C=O) groups excluding carboxylic acids is 3. The topological polar surface area (TPSA) is 78.9 Å². The van der Waals surface area contributed by atoms with Gasteiger partial charge < -0.3 is 14.2 Å². The van der Waals surface area contributed by atoms with Crippen molar-refractivity contribution in [3.8, 4) is 0 Å². The smallest absolute Gasteiger partial charge is 0.306 e. The zero-order valence-electron chi connectivity index (χ0n) is 54.1. The Kier molecular flexibility index (Phi) is 66.6. The Bertz CT molecular complexity index is 1490. The Morgan fingerprint density at radius 2 is 0.481 bits per heavy atom. The molecule has 0 aromatic rings. The van der Waals surface area contributed by atoms with Crippen LogP contribution in [0.25, 0.3) is 0 Å². The van der Waals surface area contributed by atoms with Gasteiger partial charge in [0, 0.05) is 19.3 Å². The van der Waals surface area contributed by atoms with E-state index in [4.69, 9.17) is 14.2 Å². The van der Waals surface area contributed by atoms with Crippen molar-refractivity contribution in [2.45, 2.75) is 374 Å². The first-order valence-electron chi connectivity index (χ1n) is 35.4. The first-order chi connectivity index (χ1) is 40.0. The highest BCUT2D eigenvalue weighted by Gasteiger charge is 2.19. The van der Waals surface area contributed by atoms with Crippen LogP contribution in [-0.4, -0.2) is 37.2 Å². The van der Waals surface area contributed by atoms with Crippen LogP contribution in [0, 0.1) is 0 Å². The Hall–Kier alpha value is -3.15.